The highest BCUT2D eigenvalue weighted by Crippen LogP contribution is 2.25. The molecule has 2 unspecified atom stereocenters. The monoisotopic (exact) mass is 345 g/mol. The van der Waals surface area contributed by atoms with Crippen molar-refractivity contribution < 1.29 is 13.9 Å². The van der Waals surface area contributed by atoms with E-state index in [-0.39, 0.29) is 18.2 Å². The molecule has 0 amide bonds. The number of aromatic nitrogens is 5. The summed E-state index contributed by atoms with van der Waals surface area (Å²) in [5, 5.41) is 11.1. The zero-order chi connectivity index (χ0) is 17.4. The maximum atomic E-state index is 5.72. The van der Waals surface area contributed by atoms with Crippen LogP contribution in [0.25, 0.3) is 11.0 Å². The smallest absolute Gasteiger partial charge is 0.323 e. The molecule has 0 aliphatic carbocycles. The number of hydrogen-bond donors (Lipinski definition) is 2. The standard InChI is InChI=1S/C15H19N7O3/c1-8-6-22(7-9(2)24-8)15-21-20-14(25-15)19-13-17-10-4-5-16-12(23-3)11(10)18-13/h4-5,8-9H,6-7H2,1-3H3,(H2,17,18,19,20). The van der Waals surface area contributed by atoms with E-state index in [1.807, 2.05) is 24.8 Å². The van der Waals surface area contributed by atoms with Crippen molar-refractivity contribution in [3.8, 4) is 5.88 Å². The van der Waals surface area contributed by atoms with E-state index in [0.717, 1.165) is 5.52 Å². The maximum Gasteiger partial charge on any atom is 0.323 e. The van der Waals surface area contributed by atoms with Crippen molar-refractivity contribution in [3.63, 3.8) is 0 Å². The molecule has 0 bridgehead atoms. The zero-order valence-corrected chi connectivity index (χ0v) is 14.2. The van der Waals surface area contributed by atoms with E-state index in [1.165, 1.54) is 0 Å². The molecular weight excluding hydrogens is 326 g/mol. The Morgan fingerprint density at radius 3 is 2.84 bits per heavy atom. The quantitative estimate of drug-likeness (QED) is 0.729. The molecule has 1 aliphatic rings. The summed E-state index contributed by atoms with van der Waals surface area (Å²) in [7, 11) is 1.55. The minimum atomic E-state index is 0.113. The van der Waals surface area contributed by atoms with Gasteiger partial charge in [-0.1, -0.05) is 10.2 Å². The van der Waals surface area contributed by atoms with Gasteiger partial charge in [0.05, 0.1) is 24.8 Å². The molecule has 4 rings (SSSR count). The van der Waals surface area contributed by atoms with Gasteiger partial charge >= 0.3 is 12.0 Å². The SMILES string of the molecule is COc1nccc2[nH]c(Nc3nnc(N4CC(C)OC(C)C4)o3)nc12. The lowest BCUT2D eigenvalue weighted by molar-refractivity contribution is -0.00667. The number of nitrogens with one attached hydrogen (secondary N) is 2. The second-order valence-corrected chi connectivity index (χ2v) is 5.98. The normalized spacial score (nSPS) is 20.8. The average Bonchev–Trinajstić information content (AvgIpc) is 3.20. The Balaban J connectivity index is 1.53. The Kier molecular flexibility index (Phi) is 3.88. The topological polar surface area (TPSA) is 114 Å². The molecule has 0 radical (unpaired) electrons. The fourth-order valence-corrected chi connectivity index (χ4v) is 2.95. The minimum absolute atomic E-state index is 0.113. The van der Waals surface area contributed by atoms with Gasteiger partial charge in [-0.15, -0.1) is 0 Å². The number of H-pyrrole nitrogens is 1. The predicted molar refractivity (Wildman–Crippen MR) is 90.2 cm³/mol. The summed E-state index contributed by atoms with van der Waals surface area (Å²) in [6.07, 6.45) is 1.87. The van der Waals surface area contributed by atoms with Crippen LogP contribution in [-0.2, 0) is 4.74 Å². The molecule has 1 aliphatic heterocycles. The number of anilines is 3. The van der Waals surface area contributed by atoms with Crippen LogP contribution in [0.15, 0.2) is 16.7 Å². The second kappa shape index (κ2) is 6.20. The summed E-state index contributed by atoms with van der Waals surface area (Å²) in [5.41, 5.74) is 1.42. The summed E-state index contributed by atoms with van der Waals surface area (Å²) in [5.74, 6) is 0.921. The number of hydrogen-bond acceptors (Lipinski definition) is 9. The minimum Gasteiger partial charge on any atom is -0.479 e. The summed E-state index contributed by atoms with van der Waals surface area (Å²) in [6, 6.07) is 2.53. The van der Waals surface area contributed by atoms with Crippen LogP contribution in [-0.4, -0.2) is 57.6 Å². The highest BCUT2D eigenvalue weighted by Gasteiger charge is 2.26. The molecule has 10 nitrogen and oxygen atoms in total. The van der Waals surface area contributed by atoms with Gasteiger partial charge in [0.25, 0.3) is 0 Å². The van der Waals surface area contributed by atoms with Gasteiger partial charge in [-0.25, -0.2) is 9.97 Å². The summed E-state index contributed by atoms with van der Waals surface area (Å²) < 4.78 is 16.6. The van der Waals surface area contributed by atoms with Crippen molar-refractivity contribution in [1.29, 1.82) is 0 Å². The Morgan fingerprint density at radius 2 is 2.08 bits per heavy atom. The van der Waals surface area contributed by atoms with E-state index in [4.69, 9.17) is 13.9 Å². The van der Waals surface area contributed by atoms with Gasteiger partial charge in [0.15, 0.2) is 5.52 Å². The van der Waals surface area contributed by atoms with Crippen LogP contribution in [0.1, 0.15) is 13.8 Å². The molecule has 1 saturated heterocycles. The van der Waals surface area contributed by atoms with Crippen LogP contribution in [0.3, 0.4) is 0 Å². The van der Waals surface area contributed by atoms with Gasteiger partial charge in [-0.3, -0.25) is 5.32 Å². The third kappa shape index (κ3) is 3.07. The summed E-state index contributed by atoms with van der Waals surface area (Å²) in [6.45, 7) is 5.46. The lowest BCUT2D eigenvalue weighted by Gasteiger charge is -2.33. The van der Waals surface area contributed by atoms with Crippen LogP contribution < -0.4 is 15.0 Å². The Bertz CT molecular complexity index is 867. The molecule has 2 N–H and O–H groups in total. The number of rotatable bonds is 4. The first-order valence-corrected chi connectivity index (χ1v) is 8.02. The van der Waals surface area contributed by atoms with Crippen molar-refractivity contribution in [2.24, 2.45) is 0 Å². The van der Waals surface area contributed by atoms with Gasteiger partial charge in [0, 0.05) is 19.3 Å². The van der Waals surface area contributed by atoms with Crippen molar-refractivity contribution >= 4 is 29.0 Å². The van der Waals surface area contributed by atoms with Crippen LogP contribution in [0.4, 0.5) is 18.0 Å². The van der Waals surface area contributed by atoms with E-state index in [2.05, 4.69) is 30.5 Å². The van der Waals surface area contributed by atoms with Crippen molar-refractivity contribution in [2.45, 2.75) is 26.1 Å². The third-order valence-electron chi connectivity index (χ3n) is 3.89. The average molecular weight is 345 g/mol. The number of fused-ring (bicyclic) bond motifs is 1. The second-order valence-electron chi connectivity index (χ2n) is 5.98. The molecule has 132 valence electrons. The van der Waals surface area contributed by atoms with Gasteiger partial charge in [-0.2, -0.15) is 0 Å². The molecule has 4 heterocycles. The molecule has 3 aromatic rings. The zero-order valence-electron chi connectivity index (χ0n) is 14.2. The van der Waals surface area contributed by atoms with E-state index in [1.54, 1.807) is 13.3 Å². The van der Waals surface area contributed by atoms with E-state index < -0.39 is 0 Å². The van der Waals surface area contributed by atoms with Gasteiger partial charge in [-0.05, 0) is 19.9 Å². The first-order chi connectivity index (χ1) is 12.1. The Hall–Kier alpha value is -2.88. The number of methoxy groups -OCH3 is 1. The largest absolute Gasteiger partial charge is 0.479 e. The Labute approximate surface area is 143 Å². The number of ether oxygens (including phenoxy) is 2. The molecule has 1 fully saturated rings. The number of morpholine rings is 1. The molecule has 3 aromatic heterocycles. The fourth-order valence-electron chi connectivity index (χ4n) is 2.95. The molecule has 0 saturated carbocycles. The Morgan fingerprint density at radius 1 is 1.28 bits per heavy atom. The van der Waals surface area contributed by atoms with Crippen LogP contribution in [0.5, 0.6) is 5.88 Å². The van der Waals surface area contributed by atoms with Gasteiger partial charge < -0.3 is 23.8 Å². The number of aromatic amines is 1. The lowest BCUT2D eigenvalue weighted by atomic mass is 10.2. The van der Waals surface area contributed by atoms with Crippen LogP contribution >= 0.6 is 0 Å². The summed E-state index contributed by atoms with van der Waals surface area (Å²) >= 11 is 0. The number of nitrogens with zero attached hydrogens (tertiary/aromatic N) is 5. The molecule has 2 atom stereocenters. The highest BCUT2D eigenvalue weighted by atomic mass is 16.5. The van der Waals surface area contributed by atoms with E-state index >= 15 is 0 Å². The van der Waals surface area contributed by atoms with Crippen LogP contribution in [0.2, 0.25) is 0 Å². The van der Waals surface area contributed by atoms with Crippen molar-refractivity contribution in [1.82, 2.24) is 25.1 Å². The molecule has 25 heavy (non-hydrogen) atoms. The van der Waals surface area contributed by atoms with Gasteiger partial charge in [0.2, 0.25) is 11.8 Å². The predicted octanol–water partition coefficient (Wildman–Crippen LogP) is 1.71. The van der Waals surface area contributed by atoms with E-state index in [0.29, 0.717) is 36.4 Å². The molecule has 0 aromatic carbocycles. The molecule has 10 heteroatoms. The van der Waals surface area contributed by atoms with Gasteiger partial charge in [0.1, 0.15) is 0 Å². The summed E-state index contributed by atoms with van der Waals surface area (Å²) in [4.78, 5) is 13.7. The highest BCUT2D eigenvalue weighted by molar-refractivity contribution is 5.82. The van der Waals surface area contributed by atoms with Crippen LogP contribution in [0, 0.1) is 0 Å². The first-order valence-electron chi connectivity index (χ1n) is 8.02. The number of pyridine rings is 1. The van der Waals surface area contributed by atoms with Crippen molar-refractivity contribution in [3.05, 3.63) is 12.3 Å². The van der Waals surface area contributed by atoms with Crippen molar-refractivity contribution in [2.75, 3.05) is 30.4 Å². The molecule has 0 spiro atoms. The lowest BCUT2D eigenvalue weighted by Crippen LogP contribution is -2.45. The first kappa shape index (κ1) is 15.6. The molecular formula is C15H19N7O3. The number of imidazole rings is 1. The fraction of sp³-hybridized carbons (Fsp3) is 0.467. The maximum absolute atomic E-state index is 5.72. The van der Waals surface area contributed by atoms with E-state index in [9.17, 15) is 0 Å². The third-order valence-corrected chi connectivity index (χ3v) is 3.89.